The first kappa shape index (κ1) is 17.0. The average molecular weight is 344 g/mol. The van der Waals surface area contributed by atoms with Gasteiger partial charge >= 0.3 is 5.97 Å². The fourth-order valence-electron chi connectivity index (χ4n) is 1.81. The highest BCUT2D eigenvalue weighted by atomic mass is 79.9. The van der Waals surface area contributed by atoms with E-state index in [1.54, 1.807) is 6.92 Å². The third-order valence-corrected chi connectivity index (χ3v) is 3.56. The number of carbonyl (C=O) groups excluding carboxylic acids is 1. The largest absolute Gasteiger partial charge is 0.478 e. The Bertz CT molecular complexity index is 451. The van der Waals surface area contributed by atoms with E-state index in [1.807, 2.05) is 39.1 Å². The molecular formula is C15H22BrNO3. The molecule has 0 fully saturated rings. The van der Waals surface area contributed by atoms with Crippen molar-refractivity contribution in [2.75, 3.05) is 13.7 Å². The van der Waals surface area contributed by atoms with Gasteiger partial charge in [-0.2, -0.15) is 0 Å². The molecule has 1 rings (SSSR count). The molecule has 112 valence electrons. The predicted molar refractivity (Wildman–Crippen MR) is 83.0 cm³/mol. The number of benzene rings is 1. The number of esters is 1. The van der Waals surface area contributed by atoms with Crippen LogP contribution in [0.2, 0.25) is 0 Å². The van der Waals surface area contributed by atoms with E-state index in [2.05, 4.69) is 21.2 Å². The van der Waals surface area contributed by atoms with Gasteiger partial charge in [-0.05, 0) is 39.4 Å². The summed E-state index contributed by atoms with van der Waals surface area (Å²) in [7, 11) is 1.89. The molecule has 0 spiro atoms. The van der Waals surface area contributed by atoms with Gasteiger partial charge in [-0.15, -0.1) is 0 Å². The lowest BCUT2D eigenvalue weighted by Crippen LogP contribution is -2.29. The summed E-state index contributed by atoms with van der Waals surface area (Å²) in [5.41, 5.74) is 1.01. The van der Waals surface area contributed by atoms with Crippen LogP contribution in [0.5, 0.6) is 5.75 Å². The Morgan fingerprint density at radius 3 is 2.65 bits per heavy atom. The molecule has 0 aromatic heterocycles. The molecule has 1 N–H and O–H groups in total. The van der Waals surface area contributed by atoms with Crippen LogP contribution in [0, 0.1) is 0 Å². The first-order valence-corrected chi connectivity index (χ1v) is 7.62. The van der Waals surface area contributed by atoms with Crippen LogP contribution in [0.4, 0.5) is 0 Å². The number of hydrogen-bond donors (Lipinski definition) is 1. The summed E-state index contributed by atoms with van der Waals surface area (Å²) >= 11 is 3.43. The number of halogens is 1. The van der Waals surface area contributed by atoms with E-state index < -0.39 is 6.10 Å². The molecule has 1 aromatic rings. The number of rotatable bonds is 7. The van der Waals surface area contributed by atoms with Crippen LogP contribution < -0.4 is 10.1 Å². The molecule has 4 nitrogen and oxygen atoms in total. The summed E-state index contributed by atoms with van der Waals surface area (Å²) in [5, 5.41) is 3.18. The van der Waals surface area contributed by atoms with Gasteiger partial charge in [0.2, 0.25) is 0 Å². The molecule has 0 saturated heterocycles. The smallest absolute Gasteiger partial charge is 0.347 e. The Hall–Kier alpha value is -1.07. The maximum Gasteiger partial charge on any atom is 0.347 e. The van der Waals surface area contributed by atoms with Crippen molar-refractivity contribution in [1.82, 2.24) is 5.32 Å². The molecule has 0 aliphatic carbocycles. The average Bonchev–Trinajstić information content (AvgIpc) is 2.44. The van der Waals surface area contributed by atoms with E-state index in [0.717, 1.165) is 10.0 Å². The van der Waals surface area contributed by atoms with Crippen molar-refractivity contribution in [1.29, 1.82) is 0 Å². The maximum absolute atomic E-state index is 11.8. The molecule has 0 saturated carbocycles. The van der Waals surface area contributed by atoms with E-state index >= 15 is 0 Å². The van der Waals surface area contributed by atoms with Gasteiger partial charge in [0.15, 0.2) is 6.10 Å². The number of ether oxygens (including phenoxy) is 2. The summed E-state index contributed by atoms with van der Waals surface area (Å²) in [4.78, 5) is 11.8. The highest BCUT2D eigenvalue weighted by molar-refractivity contribution is 9.10. The summed E-state index contributed by atoms with van der Waals surface area (Å²) in [5.74, 6) is 0.374. The highest BCUT2D eigenvalue weighted by Gasteiger charge is 2.22. The number of carbonyl (C=O) groups is 1. The summed E-state index contributed by atoms with van der Waals surface area (Å²) in [6.45, 7) is 6.09. The quantitative estimate of drug-likeness (QED) is 0.770. The number of nitrogens with one attached hydrogen (secondary N) is 1. The minimum atomic E-state index is -0.577. The van der Waals surface area contributed by atoms with Crippen LogP contribution in [-0.4, -0.2) is 25.7 Å². The lowest BCUT2D eigenvalue weighted by Gasteiger charge is -2.21. The molecule has 0 amide bonds. The zero-order valence-electron chi connectivity index (χ0n) is 12.4. The Morgan fingerprint density at radius 2 is 2.10 bits per heavy atom. The van der Waals surface area contributed by atoms with Crippen LogP contribution in [-0.2, 0) is 9.53 Å². The van der Waals surface area contributed by atoms with Crippen LogP contribution in [0.1, 0.15) is 38.8 Å². The highest BCUT2D eigenvalue weighted by Crippen LogP contribution is 2.29. The van der Waals surface area contributed by atoms with Crippen LogP contribution in [0.15, 0.2) is 22.7 Å². The molecule has 0 radical (unpaired) electrons. The van der Waals surface area contributed by atoms with Crippen molar-refractivity contribution < 1.29 is 14.3 Å². The minimum Gasteiger partial charge on any atom is -0.478 e. The van der Waals surface area contributed by atoms with Crippen molar-refractivity contribution >= 4 is 21.9 Å². The fraction of sp³-hybridized carbons (Fsp3) is 0.533. The molecular weight excluding hydrogens is 322 g/mol. The topological polar surface area (TPSA) is 47.6 Å². The van der Waals surface area contributed by atoms with Crippen LogP contribution in [0.25, 0.3) is 0 Å². The van der Waals surface area contributed by atoms with Gasteiger partial charge in [-0.3, -0.25) is 0 Å². The third-order valence-electron chi connectivity index (χ3n) is 3.06. The monoisotopic (exact) mass is 343 g/mol. The lowest BCUT2D eigenvalue weighted by atomic mass is 10.1. The zero-order chi connectivity index (χ0) is 15.1. The van der Waals surface area contributed by atoms with Crippen LogP contribution in [0.3, 0.4) is 0 Å². The van der Waals surface area contributed by atoms with Crippen molar-refractivity contribution in [3.05, 3.63) is 28.2 Å². The molecule has 2 atom stereocenters. The predicted octanol–water partition coefficient (Wildman–Crippen LogP) is 3.45. The van der Waals surface area contributed by atoms with E-state index in [-0.39, 0.29) is 12.0 Å². The minimum absolute atomic E-state index is 0.137. The maximum atomic E-state index is 11.8. The van der Waals surface area contributed by atoms with Gasteiger partial charge < -0.3 is 14.8 Å². The molecule has 0 bridgehead atoms. The summed E-state index contributed by atoms with van der Waals surface area (Å²) in [6.07, 6.45) is -0.00862. The van der Waals surface area contributed by atoms with E-state index in [1.165, 1.54) is 0 Å². The molecule has 20 heavy (non-hydrogen) atoms. The summed E-state index contributed by atoms with van der Waals surface area (Å²) < 4.78 is 11.8. The molecule has 0 heterocycles. The molecule has 1 aromatic carbocycles. The second-order valence-electron chi connectivity index (χ2n) is 4.46. The second-order valence-corrected chi connectivity index (χ2v) is 5.37. The first-order valence-electron chi connectivity index (χ1n) is 6.83. The van der Waals surface area contributed by atoms with Gasteiger partial charge in [0, 0.05) is 16.1 Å². The van der Waals surface area contributed by atoms with Crippen molar-refractivity contribution in [2.24, 2.45) is 0 Å². The van der Waals surface area contributed by atoms with Gasteiger partial charge in [0.1, 0.15) is 5.75 Å². The normalized spacial score (nSPS) is 13.7. The Balaban J connectivity index is 2.99. The van der Waals surface area contributed by atoms with Gasteiger partial charge in [0.25, 0.3) is 0 Å². The van der Waals surface area contributed by atoms with E-state index in [4.69, 9.17) is 9.47 Å². The Kier molecular flexibility index (Phi) is 7.02. The Labute approximate surface area is 129 Å². The second kappa shape index (κ2) is 8.27. The van der Waals surface area contributed by atoms with Crippen molar-refractivity contribution in [3.63, 3.8) is 0 Å². The number of hydrogen-bond acceptors (Lipinski definition) is 4. The lowest BCUT2D eigenvalue weighted by molar-refractivity contribution is -0.151. The molecule has 0 aliphatic rings. The van der Waals surface area contributed by atoms with E-state index in [0.29, 0.717) is 18.8 Å². The third kappa shape index (κ3) is 4.49. The van der Waals surface area contributed by atoms with Crippen molar-refractivity contribution in [2.45, 2.75) is 39.3 Å². The first-order chi connectivity index (χ1) is 9.53. The van der Waals surface area contributed by atoms with Crippen LogP contribution >= 0.6 is 15.9 Å². The molecule has 2 unspecified atom stereocenters. The SMILES string of the molecule is CCOC(=O)C(CC)Oc1cc(Br)ccc1C(C)NC. The molecule has 5 heteroatoms. The van der Waals surface area contributed by atoms with Gasteiger partial charge in [0.05, 0.1) is 6.61 Å². The standard InChI is InChI=1S/C15H22BrNO3/c1-5-13(15(18)19-6-2)20-14-9-11(16)7-8-12(14)10(3)17-4/h7-10,13,17H,5-6H2,1-4H3. The summed E-state index contributed by atoms with van der Waals surface area (Å²) in [6, 6.07) is 5.96. The van der Waals surface area contributed by atoms with Gasteiger partial charge in [-0.1, -0.05) is 28.9 Å². The van der Waals surface area contributed by atoms with E-state index in [9.17, 15) is 4.79 Å². The van der Waals surface area contributed by atoms with Gasteiger partial charge in [-0.25, -0.2) is 4.79 Å². The zero-order valence-corrected chi connectivity index (χ0v) is 14.0. The van der Waals surface area contributed by atoms with Crippen molar-refractivity contribution in [3.8, 4) is 5.75 Å². The Morgan fingerprint density at radius 1 is 1.40 bits per heavy atom. The molecule has 0 aliphatic heterocycles. The fourth-order valence-corrected chi connectivity index (χ4v) is 2.15.